The van der Waals surface area contributed by atoms with Crippen LogP contribution in [0.2, 0.25) is 5.02 Å². The van der Waals surface area contributed by atoms with Crippen LogP contribution < -0.4 is 0 Å². The van der Waals surface area contributed by atoms with Crippen LogP contribution in [0.5, 0.6) is 0 Å². The Kier molecular flexibility index (Phi) is 4.10. The molecule has 0 aliphatic heterocycles. The molecule has 3 aromatic rings. The Morgan fingerprint density at radius 2 is 1.83 bits per heavy atom. The first-order chi connectivity index (χ1) is 8.22. The van der Waals surface area contributed by atoms with Crippen molar-refractivity contribution in [1.82, 2.24) is 9.38 Å². The van der Waals surface area contributed by atoms with Gasteiger partial charge in [-0.05, 0) is 18.2 Å². The zero-order valence-electron chi connectivity index (χ0n) is 9.18. The number of benzene rings is 1. The summed E-state index contributed by atoms with van der Waals surface area (Å²) in [5, 5.41) is 0.699. The molecule has 0 atom stereocenters. The van der Waals surface area contributed by atoms with Gasteiger partial charge in [-0.15, -0.1) is 17.0 Å². The lowest BCUT2D eigenvalue weighted by atomic mass is 10.2. The highest BCUT2D eigenvalue weighted by Crippen LogP contribution is 2.22. The van der Waals surface area contributed by atoms with Gasteiger partial charge in [0.05, 0.1) is 5.69 Å². The van der Waals surface area contributed by atoms with E-state index in [4.69, 9.17) is 11.6 Å². The molecule has 0 unspecified atom stereocenters. The first-order valence-electron chi connectivity index (χ1n) is 5.12. The highest BCUT2D eigenvalue weighted by Gasteiger charge is 2.04. The first-order valence-corrected chi connectivity index (χ1v) is 6.30. The SMILES string of the molecule is Br.Clc1ccn2cc(-c3ccc(Br)cc3)nc2c1. The molecular weight excluding hydrogens is 379 g/mol. The molecule has 0 saturated heterocycles. The Morgan fingerprint density at radius 1 is 1.11 bits per heavy atom. The number of fused-ring (bicyclic) bond motifs is 1. The van der Waals surface area contributed by atoms with E-state index in [1.165, 1.54) is 0 Å². The van der Waals surface area contributed by atoms with E-state index in [1.807, 2.05) is 53.2 Å². The van der Waals surface area contributed by atoms with Crippen LogP contribution in [0.4, 0.5) is 0 Å². The van der Waals surface area contributed by atoms with Crippen LogP contribution in [-0.4, -0.2) is 9.38 Å². The van der Waals surface area contributed by atoms with Gasteiger partial charge in [0, 0.05) is 33.5 Å². The van der Waals surface area contributed by atoms with E-state index in [0.717, 1.165) is 21.4 Å². The van der Waals surface area contributed by atoms with Crippen molar-refractivity contribution in [2.45, 2.75) is 0 Å². The molecule has 0 spiro atoms. The molecule has 92 valence electrons. The lowest BCUT2D eigenvalue weighted by molar-refractivity contribution is 1.19. The van der Waals surface area contributed by atoms with Gasteiger partial charge in [0.1, 0.15) is 5.65 Å². The number of pyridine rings is 1. The van der Waals surface area contributed by atoms with Gasteiger partial charge >= 0.3 is 0 Å². The summed E-state index contributed by atoms with van der Waals surface area (Å²) in [5.74, 6) is 0. The van der Waals surface area contributed by atoms with Crippen LogP contribution in [0.1, 0.15) is 0 Å². The maximum atomic E-state index is 5.94. The molecule has 18 heavy (non-hydrogen) atoms. The van der Waals surface area contributed by atoms with Gasteiger partial charge < -0.3 is 4.40 Å². The Bertz CT molecular complexity index is 677. The minimum atomic E-state index is 0. The maximum Gasteiger partial charge on any atom is 0.138 e. The fourth-order valence-electron chi connectivity index (χ4n) is 1.72. The number of imidazole rings is 1. The van der Waals surface area contributed by atoms with Crippen molar-refractivity contribution in [3.63, 3.8) is 0 Å². The van der Waals surface area contributed by atoms with Crippen LogP contribution >= 0.6 is 44.5 Å². The number of rotatable bonds is 1. The standard InChI is InChI=1S/C13H8BrClN2.BrH/c14-10-3-1-9(2-4-10)12-8-17-6-5-11(15)7-13(17)16-12;/h1-8H;1H. The molecular formula is C13H9Br2ClN2. The van der Waals surface area contributed by atoms with Crippen molar-refractivity contribution in [2.24, 2.45) is 0 Å². The molecule has 0 amide bonds. The van der Waals surface area contributed by atoms with Crippen LogP contribution in [0.25, 0.3) is 16.9 Å². The predicted molar refractivity (Wildman–Crippen MR) is 83.7 cm³/mol. The lowest BCUT2D eigenvalue weighted by Crippen LogP contribution is -1.79. The Morgan fingerprint density at radius 3 is 2.56 bits per heavy atom. The fraction of sp³-hybridized carbons (Fsp3) is 0. The smallest absolute Gasteiger partial charge is 0.138 e. The Hall–Kier alpha value is -0.840. The van der Waals surface area contributed by atoms with E-state index in [-0.39, 0.29) is 17.0 Å². The van der Waals surface area contributed by atoms with Gasteiger partial charge in [0.2, 0.25) is 0 Å². The molecule has 2 aromatic heterocycles. The van der Waals surface area contributed by atoms with Gasteiger partial charge in [0.15, 0.2) is 0 Å². The van der Waals surface area contributed by atoms with Crippen LogP contribution in [0.3, 0.4) is 0 Å². The van der Waals surface area contributed by atoms with Crippen LogP contribution in [-0.2, 0) is 0 Å². The van der Waals surface area contributed by atoms with E-state index in [2.05, 4.69) is 20.9 Å². The zero-order chi connectivity index (χ0) is 11.8. The molecule has 0 saturated carbocycles. The molecule has 0 aliphatic rings. The normalized spacial score (nSPS) is 10.3. The number of hydrogen-bond donors (Lipinski definition) is 0. The lowest BCUT2D eigenvalue weighted by Gasteiger charge is -1.95. The summed E-state index contributed by atoms with van der Waals surface area (Å²) in [6.45, 7) is 0. The molecule has 0 bridgehead atoms. The number of nitrogens with zero attached hydrogens (tertiary/aromatic N) is 2. The first kappa shape index (κ1) is 13.6. The fourth-order valence-corrected chi connectivity index (χ4v) is 2.14. The maximum absolute atomic E-state index is 5.94. The van der Waals surface area contributed by atoms with Gasteiger partial charge in [-0.3, -0.25) is 0 Å². The predicted octanol–water partition coefficient (Wildman–Crippen LogP) is 5.00. The molecule has 0 aliphatic carbocycles. The van der Waals surface area contributed by atoms with Crippen LogP contribution in [0, 0.1) is 0 Å². The molecule has 0 N–H and O–H groups in total. The Labute approximate surface area is 129 Å². The van der Waals surface area contributed by atoms with E-state index in [0.29, 0.717) is 5.02 Å². The highest BCUT2D eigenvalue weighted by molar-refractivity contribution is 9.10. The van der Waals surface area contributed by atoms with Crippen molar-refractivity contribution in [3.8, 4) is 11.3 Å². The number of aromatic nitrogens is 2. The van der Waals surface area contributed by atoms with Gasteiger partial charge in [0.25, 0.3) is 0 Å². The average molecular weight is 388 g/mol. The summed E-state index contributed by atoms with van der Waals surface area (Å²) >= 11 is 9.35. The van der Waals surface area contributed by atoms with E-state index in [9.17, 15) is 0 Å². The third-order valence-corrected chi connectivity index (χ3v) is 3.33. The summed E-state index contributed by atoms with van der Waals surface area (Å²) in [6, 6.07) is 11.8. The third kappa shape index (κ3) is 2.60. The van der Waals surface area contributed by atoms with E-state index < -0.39 is 0 Å². The number of hydrogen-bond acceptors (Lipinski definition) is 1. The molecule has 0 radical (unpaired) electrons. The molecule has 2 heterocycles. The minimum absolute atomic E-state index is 0. The van der Waals surface area contributed by atoms with E-state index >= 15 is 0 Å². The van der Waals surface area contributed by atoms with Gasteiger partial charge in [-0.2, -0.15) is 0 Å². The second kappa shape index (κ2) is 5.43. The van der Waals surface area contributed by atoms with Gasteiger partial charge in [-0.1, -0.05) is 39.7 Å². The molecule has 0 fully saturated rings. The second-order valence-corrected chi connectivity index (χ2v) is 5.10. The van der Waals surface area contributed by atoms with Crippen molar-refractivity contribution in [1.29, 1.82) is 0 Å². The van der Waals surface area contributed by atoms with Crippen molar-refractivity contribution >= 4 is 50.2 Å². The van der Waals surface area contributed by atoms with Crippen LogP contribution in [0.15, 0.2) is 53.3 Å². The number of halogens is 3. The van der Waals surface area contributed by atoms with E-state index in [1.54, 1.807) is 0 Å². The molecule has 1 aromatic carbocycles. The Balaban J connectivity index is 0.00000120. The molecule has 5 heteroatoms. The summed E-state index contributed by atoms with van der Waals surface area (Å²) in [6.07, 6.45) is 3.90. The van der Waals surface area contributed by atoms with Crippen molar-refractivity contribution in [2.75, 3.05) is 0 Å². The van der Waals surface area contributed by atoms with Crippen molar-refractivity contribution < 1.29 is 0 Å². The zero-order valence-corrected chi connectivity index (χ0v) is 13.2. The van der Waals surface area contributed by atoms with Crippen molar-refractivity contribution in [3.05, 3.63) is 58.3 Å². The quantitative estimate of drug-likeness (QED) is 0.574. The topological polar surface area (TPSA) is 17.3 Å². The summed E-state index contributed by atoms with van der Waals surface area (Å²) < 4.78 is 3.02. The monoisotopic (exact) mass is 386 g/mol. The summed E-state index contributed by atoms with van der Waals surface area (Å²) in [5.41, 5.74) is 2.89. The summed E-state index contributed by atoms with van der Waals surface area (Å²) in [4.78, 5) is 4.54. The average Bonchev–Trinajstić information content (AvgIpc) is 2.72. The van der Waals surface area contributed by atoms with Gasteiger partial charge in [-0.25, -0.2) is 4.98 Å². The molecule has 3 rings (SSSR count). The largest absolute Gasteiger partial charge is 0.306 e. The molecule has 2 nitrogen and oxygen atoms in total. The highest BCUT2D eigenvalue weighted by atomic mass is 79.9. The second-order valence-electron chi connectivity index (χ2n) is 3.74. The third-order valence-electron chi connectivity index (χ3n) is 2.56. The minimum Gasteiger partial charge on any atom is -0.306 e. The summed E-state index contributed by atoms with van der Waals surface area (Å²) in [7, 11) is 0.